The molecule has 0 bridgehead atoms. The second-order valence-corrected chi connectivity index (χ2v) is 8.53. The molecule has 1 fully saturated rings. The van der Waals surface area contributed by atoms with E-state index in [0.717, 1.165) is 34.6 Å². The molecule has 9 heteroatoms. The average Bonchev–Trinajstić information content (AvgIpc) is 3.11. The minimum Gasteiger partial charge on any atom is -0.378 e. The number of ether oxygens (including phenoxy) is 1. The standard InChI is InChI=1S/C24H27N7O2/c1-15-11-18(12-16(2)26-15)20-21(17-7-5-4-6-8-17)27-23(25)31-22(20)28-30(24(31)32)13-19-14-33-10-9-29(19)3/h4-8,11-12,19H,9-10,13-14H2,1-3H3,(H2,25,27)/t19-/m1/s1. The van der Waals surface area contributed by atoms with Gasteiger partial charge in [0.05, 0.1) is 37.1 Å². The number of hydrogen-bond donors (Lipinski definition) is 1. The molecule has 3 aromatic heterocycles. The van der Waals surface area contributed by atoms with Crippen LogP contribution < -0.4 is 11.4 Å². The number of pyridine rings is 1. The van der Waals surface area contributed by atoms with Gasteiger partial charge in [-0.3, -0.25) is 9.88 Å². The lowest BCUT2D eigenvalue weighted by Crippen LogP contribution is -2.46. The largest absolute Gasteiger partial charge is 0.378 e. The van der Waals surface area contributed by atoms with E-state index in [1.807, 2.05) is 63.4 Å². The van der Waals surface area contributed by atoms with Gasteiger partial charge in [-0.2, -0.15) is 0 Å². The molecule has 1 aromatic carbocycles. The fourth-order valence-corrected chi connectivity index (χ4v) is 4.40. The van der Waals surface area contributed by atoms with Crippen molar-refractivity contribution < 1.29 is 4.74 Å². The van der Waals surface area contributed by atoms with Crippen LogP contribution in [-0.2, 0) is 11.3 Å². The minimum absolute atomic E-state index is 0.0537. The number of aryl methyl sites for hydroxylation is 2. The summed E-state index contributed by atoms with van der Waals surface area (Å²) < 4.78 is 8.50. The molecule has 1 aliphatic rings. The van der Waals surface area contributed by atoms with Crippen molar-refractivity contribution in [2.75, 3.05) is 32.5 Å². The summed E-state index contributed by atoms with van der Waals surface area (Å²) in [6.45, 7) is 6.36. The van der Waals surface area contributed by atoms with E-state index in [1.165, 1.54) is 9.08 Å². The first-order valence-corrected chi connectivity index (χ1v) is 11.0. The molecule has 2 N–H and O–H groups in total. The van der Waals surface area contributed by atoms with Crippen LogP contribution in [0.4, 0.5) is 5.95 Å². The highest BCUT2D eigenvalue weighted by molar-refractivity contribution is 5.90. The third-order valence-electron chi connectivity index (χ3n) is 6.08. The second-order valence-electron chi connectivity index (χ2n) is 8.53. The van der Waals surface area contributed by atoms with Gasteiger partial charge in [-0.1, -0.05) is 30.3 Å². The lowest BCUT2D eigenvalue weighted by atomic mass is 9.99. The molecule has 0 unspecified atom stereocenters. The fraction of sp³-hybridized carbons (Fsp3) is 0.333. The van der Waals surface area contributed by atoms with Crippen molar-refractivity contribution in [3.05, 3.63) is 64.3 Å². The Bertz CT molecular complexity index is 1360. The highest BCUT2D eigenvalue weighted by Gasteiger charge is 2.25. The minimum atomic E-state index is -0.308. The van der Waals surface area contributed by atoms with Crippen LogP contribution in [-0.4, -0.2) is 61.9 Å². The fourth-order valence-electron chi connectivity index (χ4n) is 4.40. The smallest absolute Gasteiger partial charge is 0.353 e. The van der Waals surface area contributed by atoms with Gasteiger partial charge in [0.15, 0.2) is 5.65 Å². The number of aromatic nitrogens is 5. The van der Waals surface area contributed by atoms with E-state index in [2.05, 4.69) is 14.9 Å². The van der Waals surface area contributed by atoms with Gasteiger partial charge in [0.1, 0.15) is 0 Å². The number of likely N-dealkylation sites (N-methyl/N-ethyl adjacent to an activating group) is 1. The number of morpholine rings is 1. The Labute approximate surface area is 191 Å². The van der Waals surface area contributed by atoms with Crippen molar-refractivity contribution in [1.29, 1.82) is 0 Å². The number of fused-ring (bicyclic) bond motifs is 1. The van der Waals surface area contributed by atoms with E-state index in [4.69, 9.17) is 15.6 Å². The van der Waals surface area contributed by atoms with Crippen molar-refractivity contribution in [1.82, 2.24) is 29.0 Å². The number of anilines is 1. The van der Waals surface area contributed by atoms with E-state index in [9.17, 15) is 4.79 Å². The predicted octanol–water partition coefficient (Wildman–Crippen LogP) is 2.15. The van der Waals surface area contributed by atoms with Gasteiger partial charge < -0.3 is 10.5 Å². The summed E-state index contributed by atoms with van der Waals surface area (Å²) in [6, 6.07) is 13.8. The third-order valence-corrected chi connectivity index (χ3v) is 6.08. The summed E-state index contributed by atoms with van der Waals surface area (Å²) >= 11 is 0. The summed E-state index contributed by atoms with van der Waals surface area (Å²) in [5.41, 5.74) is 11.5. The van der Waals surface area contributed by atoms with Crippen LogP contribution in [0.3, 0.4) is 0 Å². The Balaban J connectivity index is 1.77. The van der Waals surface area contributed by atoms with Crippen LogP contribution in [0, 0.1) is 13.8 Å². The maximum Gasteiger partial charge on any atom is 0.353 e. The van der Waals surface area contributed by atoms with Gasteiger partial charge in [-0.25, -0.2) is 18.9 Å². The Kier molecular flexibility index (Phi) is 5.43. The van der Waals surface area contributed by atoms with E-state index in [-0.39, 0.29) is 17.7 Å². The highest BCUT2D eigenvalue weighted by atomic mass is 16.5. The molecule has 9 nitrogen and oxygen atoms in total. The topological polar surface area (TPSA) is 104 Å². The van der Waals surface area contributed by atoms with Crippen molar-refractivity contribution >= 4 is 11.6 Å². The molecule has 0 saturated carbocycles. The molecule has 170 valence electrons. The van der Waals surface area contributed by atoms with Crippen LogP contribution in [0.1, 0.15) is 11.4 Å². The van der Waals surface area contributed by atoms with Gasteiger partial charge in [-0.15, -0.1) is 5.10 Å². The summed E-state index contributed by atoms with van der Waals surface area (Å²) in [7, 11) is 2.03. The maximum absolute atomic E-state index is 13.4. The van der Waals surface area contributed by atoms with Gasteiger partial charge in [-0.05, 0) is 38.6 Å². The van der Waals surface area contributed by atoms with E-state index < -0.39 is 0 Å². The number of benzene rings is 1. The Morgan fingerprint density at radius 3 is 2.52 bits per heavy atom. The molecule has 4 heterocycles. The van der Waals surface area contributed by atoms with Crippen LogP contribution in [0.5, 0.6) is 0 Å². The monoisotopic (exact) mass is 445 g/mol. The molecule has 0 amide bonds. The van der Waals surface area contributed by atoms with Crippen molar-refractivity contribution in [3.8, 4) is 22.4 Å². The maximum atomic E-state index is 13.4. The van der Waals surface area contributed by atoms with Crippen molar-refractivity contribution in [2.24, 2.45) is 0 Å². The Morgan fingerprint density at radius 1 is 1.09 bits per heavy atom. The molecule has 0 spiro atoms. The first kappa shape index (κ1) is 21.3. The molecule has 0 aliphatic carbocycles. The second kappa shape index (κ2) is 8.42. The van der Waals surface area contributed by atoms with Gasteiger partial charge in [0, 0.05) is 23.5 Å². The number of nitrogens with zero attached hydrogens (tertiary/aromatic N) is 6. The molecular weight excluding hydrogens is 418 g/mol. The first-order chi connectivity index (χ1) is 15.9. The van der Waals surface area contributed by atoms with Crippen LogP contribution in [0.2, 0.25) is 0 Å². The summed E-state index contributed by atoms with van der Waals surface area (Å²) in [6.07, 6.45) is 0. The molecule has 1 saturated heterocycles. The summed E-state index contributed by atoms with van der Waals surface area (Å²) in [5.74, 6) is 0.111. The number of hydrogen-bond acceptors (Lipinski definition) is 7. The zero-order valence-electron chi connectivity index (χ0n) is 19.0. The molecule has 1 aliphatic heterocycles. The van der Waals surface area contributed by atoms with Crippen molar-refractivity contribution in [2.45, 2.75) is 26.4 Å². The molecular formula is C24H27N7O2. The van der Waals surface area contributed by atoms with Gasteiger partial charge in [0.25, 0.3) is 0 Å². The lowest BCUT2D eigenvalue weighted by Gasteiger charge is -2.31. The highest BCUT2D eigenvalue weighted by Crippen LogP contribution is 2.34. The molecule has 0 radical (unpaired) electrons. The van der Waals surface area contributed by atoms with E-state index >= 15 is 0 Å². The van der Waals surface area contributed by atoms with Crippen LogP contribution in [0.25, 0.3) is 28.0 Å². The van der Waals surface area contributed by atoms with Gasteiger partial charge in [0.2, 0.25) is 5.95 Å². The Morgan fingerprint density at radius 2 is 1.82 bits per heavy atom. The molecule has 5 rings (SSSR count). The first-order valence-electron chi connectivity index (χ1n) is 11.0. The SMILES string of the molecule is Cc1cc(-c2c(-c3ccccc3)nc(N)n3c(=O)n(C[C@@H]4COCCN4C)nc23)cc(C)n1. The Hall–Kier alpha value is -3.56. The van der Waals surface area contributed by atoms with Crippen LogP contribution in [0.15, 0.2) is 47.3 Å². The quantitative estimate of drug-likeness (QED) is 0.513. The van der Waals surface area contributed by atoms with E-state index in [1.54, 1.807) is 0 Å². The average molecular weight is 446 g/mol. The number of nitrogens with two attached hydrogens (primary N) is 1. The number of nitrogen functional groups attached to an aromatic ring is 1. The normalized spacial score (nSPS) is 17.0. The third kappa shape index (κ3) is 3.90. The lowest BCUT2D eigenvalue weighted by molar-refractivity contribution is -0.00176. The molecule has 1 atom stereocenters. The van der Waals surface area contributed by atoms with Crippen molar-refractivity contribution in [3.63, 3.8) is 0 Å². The summed E-state index contributed by atoms with van der Waals surface area (Å²) in [5, 5.41) is 4.77. The number of rotatable bonds is 4. The zero-order chi connectivity index (χ0) is 23.1. The van der Waals surface area contributed by atoms with Gasteiger partial charge >= 0.3 is 5.69 Å². The van der Waals surface area contributed by atoms with E-state index in [0.29, 0.717) is 31.1 Å². The molecule has 33 heavy (non-hydrogen) atoms. The summed E-state index contributed by atoms with van der Waals surface area (Å²) in [4.78, 5) is 24.7. The zero-order valence-corrected chi connectivity index (χ0v) is 19.0. The van der Waals surface area contributed by atoms with Crippen LogP contribution >= 0.6 is 0 Å². The molecule has 4 aromatic rings. The predicted molar refractivity (Wildman–Crippen MR) is 127 cm³/mol.